The Morgan fingerprint density at radius 2 is 1.80 bits per heavy atom. The molecular weight excluding hydrogens is 324 g/mol. The second kappa shape index (κ2) is 7.27. The van der Waals surface area contributed by atoms with Gasteiger partial charge in [0.1, 0.15) is 0 Å². The standard InChI is InChI=1S/C17H18N4O4/c22-17(23)14-6-7-15(21(24)25)16(18-14)20-10-8-19(9-11-20)12-13-4-2-1-3-5-13/h1-7H,8-12H2,(H,22,23). The monoisotopic (exact) mass is 342 g/mol. The van der Waals surface area contributed by atoms with E-state index in [0.29, 0.717) is 13.1 Å². The van der Waals surface area contributed by atoms with Gasteiger partial charge in [-0.05, 0) is 11.6 Å². The van der Waals surface area contributed by atoms with Crippen LogP contribution in [0.2, 0.25) is 0 Å². The summed E-state index contributed by atoms with van der Waals surface area (Å²) in [4.78, 5) is 29.9. The molecule has 2 heterocycles. The highest BCUT2D eigenvalue weighted by Gasteiger charge is 2.26. The van der Waals surface area contributed by atoms with Crippen molar-refractivity contribution in [2.75, 3.05) is 31.1 Å². The molecule has 1 fully saturated rings. The summed E-state index contributed by atoms with van der Waals surface area (Å²) < 4.78 is 0. The molecule has 0 unspecified atom stereocenters. The van der Waals surface area contributed by atoms with Gasteiger partial charge in [-0.15, -0.1) is 0 Å². The summed E-state index contributed by atoms with van der Waals surface area (Å²) in [5, 5.41) is 20.3. The maximum absolute atomic E-state index is 11.2. The van der Waals surface area contributed by atoms with Gasteiger partial charge in [0.05, 0.1) is 4.92 Å². The van der Waals surface area contributed by atoms with Crippen molar-refractivity contribution in [3.63, 3.8) is 0 Å². The summed E-state index contributed by atoms with van der Waals surface area (Å²) in [5.41, 5.74) is 0.863. The molecule has 8 heteroatoms. The molecule has 2 aromatic rings. The van der Waals surface area contributed by atoms with Crippen LogP contribution < -0.4 is 4.90 Å². The second-order valence-corrected chi connectivity index (χ2v) is 5.85. The molecule has 8 nitrogen and oxygen atoms in total. The number of carbonyl (C=O) groups is 1. The summed E-state index contributed by atoms with van der Waals surface area (Å²) in [7, 11) is 0. The maximum Gasteiger partial charge on any atom is 0.354 e. The fourth-order valence-electron chi connectivity index (χ4n) is 2.89. The smallest absolute Gasteiger partial charge is 0.354 e. The predicted octanol–water partition coefficient (Wildman–Crippen LogP) is 2.01. The highest BCUT2D eigenvalue weighted by atomic mass is 16.6. The average Bonchev–Trinajstić information content (AvgIpc) is 2.62. The van der Waals surface area contributed by atoms with Gasteiger partial charge >= 0.3 is 11.7 Å². The van der Waals surface area contributed by atoms with Crippen molar-refractivity contribution in [1.29, 1.82) is 0 Å². The van der Waals surface area contributed by atoms with E-state index >= 15 is 0 Å². The molecule has 1 aromatic heterocycles. The van der Waals surface area contributed by atoms with Crippen LogP contribution >= 0.6 is 0 Å². The van der Waals surface area contributed by atoms with E-state index in [-0.39, 0.29) is 17.2 Å². The summed E-state index contributed by atoms with van der Waals surface area (Å²) in [6, 6.07) is 12.5. The van der Waals surface area contributed by atoms with Crippen molar-refractivity contribution in [2.45, 2.75) is 6.54 Å². The molecule has 0 aliphatic carbocycles. The minimum absolute atomic E-state index is 0.129. The lowest BCUT2D eigenvalue weighted by molar-refractivity contribution is -0.384. The zero-order valence-electron chi connectivity index (χ0n) is 13.5. The number of piperazine rings is 1. The number of nitro groups is 1. The summed E-state index contributed by atoms with van der Waals surface area (Å²) in [6.07, 6.45) is 0. The highest BCUT2D eigenvalue weighted by Crippen LogP contribution is 2.27. The second-order valence-electron chi connectivity index (χ2n) is 5.85. The first-order valence-corrected chi connectivity index (χ1v) is 7.94. The lowest BCUT2D eigenvalue weighted by atomic mass is 10.2. The van der Waals surface area contributed by atoms with Gasteiger partial charge in [0.2, 0.25) is 5.82 Å². The first-order valence-electron chi connectivity index (χ1n) is 7.94. The number of nitrogens with zero attached hydrogens (tertiary/aromatic N) is 4. The van der Waals surface area contributed by atoms with E-state index in [1.807, 2.05) is 18.2 Å². The molecule has 1 aromatic carbocycles. The van der Waals surface area contributed by atoms with E-state index in [1.165, 1.54) is 11.6 Å². The molecular formula is C17H18N4O4. The van der Waals surface area contributed by atoms with Crippen LogP contribution in [0.1, 0.15) is 16.1 Å². The first-order chi connectivity index (χ1) is 12.0. The molecule has 0 spiro atoms. The molecule has 0 bridgehead atoms. The molecule has 3 rings (SSSR count). The Bertz CT molecular complexity index is 773. The van der Waals surface area contributed by atoms with Gasteiger partial charge in [-0.25, -0.2) is 9.78 Å². The Labute approximate surface area is 144 Å². The fourth-order valence-corrected chi connectivity index (χ4v) is 2.89. The van der Waals surface area contributed by atoms with E-state index in [2.05, 4.69) is 22.0 Å². The van der Waals surface area contributed by atoms with E-state index in [4.69, 9.17) is 5.11 Å². The molecule has 0 atom stereocenters. The van der Waals surface area contributed by atoms with Gasteiger partial charge < -0.3 is 10.0 Å². The maximum atomic E-state index is 11.2. The van der Waals surface area contributed by atoms with Crippen molar-refractivity contribution in [2.24, 2.45) is 0 Å². The third kappa shape index (κ3) is 3.92. The van der Waals surface area contributed by atoms with Gasteiger partial charge in [0.25, 0.3) is 0 Å². The molecule has 1 saturated heterocycles. The average molecular weight is 342 g/mol. The number of rotatable bonds is 5. The van der Waals surface area contributed by atoms with Crippen LogP contribution in [-0.2, 0) is 6.54 Å². The van der Waals surface area contributed by atoms with Gasteiger partial charge in [0, 0.05) is 38.8 Å². The Kier molecular flexibility index (Phi) is 4.90. The number of hydrogen-bond acceptors (Lipinski definition) is 6. The topological polar surface area (TPSA) is 99.8 Å². The number of carboxylic acid groups (broad SMARTS) is 1. The Morgan fingerprint density at radius 3 is 2.40 bits per heavy atom. The van der Waals surface area contributed by atoms with Crippen molar-refractivity contribution in [3.05, 3.63) is 63.8 Å². The molecule has 0 amide bonds. The zero-order chi connectivity index (χ0) is 17.8. The zero-order valence-corrected chi connectivity index (χ0v) is 13.5. The number of aromatic carboxylic acids is 1. The van der Waals surface area contributed by atoms with Gasteiger partial charge in [-0.1, -0.05) is 30.3 Å². The van der Waals surface area contributed by atoms with Crippen LogP contribution in [0.4, 0.5) is 11.5 Å². The van der Waals surface area contributed by atoms with Gasteiger partial charge in [-0.2, -0.15) is 0 Å². The van der Waals surface area contributed by atoms with E-state index in [9.17, 15) is 14.9 Å². The molecule has 1 aliphatic rings. The van der Waals surface area contributed by atoms with Crippen LogP contribution in [0.15, 0.2) is 42.5 Å². The number of aromatic nitrogens is 1. The predicted molar refractivity (Wildman–Crippen MR) is 91.8 cm³/mol. The van der Waals surface area contributed by atoms with Gasteiger partial charge in [0.15, 0.2) is 5.69 Å². The normalized spacial score (nSPS) is 15.1. The van der Waals surface area contributed by atoms with Crippen LogP contribution in [0.3, 0.4) is 0 Å². The Hall–Kier alpha value is -3.00. The summed E-state index contributed by atoms with van der Waals surface area (Å²) in [5.74, 6) is -1.07. The van der Waals surface area contributed by atoms with Crippen LogP contribution in [0.5, 0.6) is 0 Å². The Balaban J connectivity index is 1.72. The van der Waals surface area contributed by atoms with Crippen LogP contribution in [-0.4, -0.2) is 52.1 Å². The third-order valence-corrected chi connectivity index (χ3v) is 4.19. The lowest BCUT2D eigenvalue weighted by Gasteiger charge is -2.35. The number of anilines is 1. The summed E-state index contributed by atoms with van der Waals surface area (Å²) >= 11 is 0. The van der Waals surface area contributed by atoms with Gasteiger partial charge in [-0.3, -0.25) is 15.0 Å². The number of pyridine rings is 1. The van der Waals surface area contributed by atoms with Crippen LogP contribution in [0, 0.1) is 10.1 Å². The number of carboxylic acids is 1. The Morgan fingerprint density at radius 1 is 1.12 bits per heavy atom. The minimum Gasteiger partial charge on any atom is -0.477 e. The number of hydrogen-bond donors (Lipinski definition) is 1. The van der Waals surface area contributed by atoms with E-state index in [0.717, 1.165) is 25.7 Å². The van der Waals surface area contributed by atoms with E-state index < -0.39 is 10.9 Å². The first kappa shape index (κ1) is 16.8. The van der Waals surface area contributed by atoms with E-state index in [1.54, 1.807) is 4.90 Å². The number of benzene rings is 1. The third-order valence-electron chi connectivity index (χ3n) is 4.19. The molecule has 25 heavy (non-hydrogen) atoms. The van der Waals surface area contributed by atoms with Crippen LogP contribution in [0.25, 0.3) is 0 Å². The molecule has 0 saturated carbocycles. The molecule has 130 valence electrons. The SMILES string of the molecule is O=C(O)c1ccc([N+](=O)[O-])c(N2CCN(Cc3ccccc3)CC2)n1. The molecule has 1 N–H and O–H groups in total. The van der Waals surface area contributed by atoms with Crippen molar-refractivity contribution in [1.82, 2.24) is 9.88 Å². The fraction of sp³-hybridized carbons (Fsp3) is 0.294. The minimum atomic E-state index is -1.20. The lowest BCUT2D eigenvalue weighted by Crippen LogP contribution is -2.46. The van der Waals surface area contributed by atoms with Crippen molar-refractivity contribution in [3.8, 4) is 0 Å². The largest absolute Gasteiger partial charge is 0.477 e. The molecule has 0 radical (unpaired) electrons. The van der Waals surface area contributed by atoms with Crippen molar-refractivity contribution < 1.29 is 14.8 Å². The molecule has 1 aliphatic heterocycles. The highest BCUT2D eigenvalue weighted by molar-refractivity contribution is 5.86. The van der Waals surface area contributed by atoms with Crippen molar-refractivity contribution >= 4 is 17.5 Å². The summed E-state index contributed by atoms with van der Waals surface area (Å²) in [6.45, 7) is 3.39. The quantitative estimate of drug-likeness (QED) is 0.655.